The predicted octanol–water partition coefficient (Wildman–Crippen LogP) is 8.40. The van der Waals surface area contributed by atoms with Gasteiger partial charge in [0.2, 0.25) is 17.7 Å². The average molecular weight is 859 g/mol. The summed E-state index contributed by atoms with van der Waals surface area (Å²) in [6.45, 7) is 7.12. The normalized spacial score (nSPS) is 13.8. The first-order valence-electron chi connectivity index (χ1n) is 20.1. The third-order valence-electron chi connectivity index (χ3n) is 10.8. The maximum atomic E-state index is 14.2. The van der Waals surface area contributed by atoms with Crippen molar-refractivity contribution in [3.63, 3.8) is 0 Å². The summed E-state index contributed by atoms with van der Waals surface area (Å²) >= 11 is 7.02. The topological polar surface area (TPSA) is 145 Å². The SMILES string of the molecule is COc1ccccc1-c1nccc(COc2ccccc2CC(Oc2ncnc3oc(-c4ccc(F)cc4)c(-c4ccc(OCCN5CCN(C)CC5)c(Cl)c4C)c23)C(=O)O)n1. The van der Waals surface area contributed by atoms with Crippen LogP contribution in [0.1, 0.15) is 16.8 Å². The van der Waals surface area contributed by atoms with Gasteiger partial charge in [-0.1, -0.05) is 48.0 Å². The number of rotatable bonds is 16. The summed E-state index contributed by atoms with van der Waals surface area (Å²) in [4.78, 5) is 35.6. The Bertz CT molecular complexity index is 2690. The van der Waals surface area contributed by atoms with Gasteiger partial charge in [0, 0.05) is 56.5 Å². The maximum Gasteiger partial charge on any atom is 0.345 e. The number of ether oxygens (including phenoxy) is 4. The highest BCUT2D eigenvalue weighted by atomic mass is 35.5. The molecule has 0 radical (unpaired) electrons. The second-order valence-electron chi connectivity index (χ2n) is 14.8. The molecule has 1 saturated heterocycles. The van der Waals surface area contributed by atoms with E-state index in [2.05, 4.69) is 36.8 Å². The molecule has 7 aromatic rings. The lowest BCUT2D eigenvalue weighted by molar-refractivity contribution is -0.145. The first kappa shape index (κ1) is 42.1. The van der Waals surface area contributed by atoms with Crippen LogP contribution >= 0.6 is 11.6 Å². The minimum Gasteiger partial charge on any atom is -0.496 e. The van der Waals surface area contributed by atoms with Gasteiger partial charge >= 0.3 is 5.97 Å². The van der Waals surface area contributed by atoms with Crippen LogP contribution in [0, 0.1) is 12.7 Å². The zero-order chi connectivity index (χ0) is 43.2. The van der Waals surface area contributed by atoms with Gasteiger partial charge in [-0.2, -0.15) is 0 Å². The van der Waals surface area contributed by atoms with Crippen molar-refractivity contribution >= 4 is 28.7 Å². The van der Waals surface area contributed by atoms with E-state index < -0.39 is 17.9 Å². The number of carboxylic acid groups (broad SMARTS) is 1. The number of methoxy groups -OCH3 is 1. The van der Waals surface area contributed by atoms with Gasteiger partial charge in [0.1, 0.15) is 53.8 Å². The van der Waals surface area contributed by atoms with Crippen molar-refractivity contribution in [2.24, 2.45) is 0 Å². The van der Waals surface area contributed by atoms with Crippen LogP contribution < -0.4 is 18.9 Å². The van der Waals surface area contributed by atoms with E-state index in [1.165, 1.54) is 18.5 Å². The highest BCUT2D eigenvalue weighted by Gasteiger charge is 2.29. The summed E-state index contributed by atoms with van der Waals surface area (Å²) in [6.07, 6.45) is 1.38. The number of aliphatic carboxylic acids is 1. The highest BCUT2D eigenvalue weighted by molar-refractivity contribution is 6.33. The van der Waals surface area contributed by atoms with Crippen LogP contribution in [0.2, 0.25) is 5.02 Å². The number of hydrogen-bond donors (Lipinski definition) is 1. The van der Waals surface area contributed by atoms with Crippen LogP contribution in [0.3, 0.4) is 0 Å². The van der Waals surface area contributed by atoms with Crippen molar-refractivity contribution in [3.8, 4) is 57.0 Å². The second kappa shape index (κ2) is 19.0. The summed E-state index contributed by atoms with van der Waals surface area (Å²) in [5, 5.41) is 11.3. The lowest BCUT2D eigenvalue weighted by Crippen LogP contribution is -2.45. The Hall–Kier alpha value is -6.61. The Morgan fingerprint density at radius 3 is 2.42 bits per heavy atom. The molecule has 0 amide bonds. The van der Waals surface area contributed by atoms with Crippen molar-refractivity contribution in [1.29, 1.82) is 0 Å². The third kappa shape index (κ3) is 9.32. The Morgan fingerprint density at radius 1 is 0.887 bits per heavy atom. The maximum absolute atomic E-state index is 14.2. The second-order valence-corrected chi connectivity index (χ2v) is 15.2. The van der Waals surface area contributed by atoms with Crippen LogP contribution in [0.5, 0.6) is 23.1 Å². The number of fused-ring (bicyclic) bond motifs is 1. The van der Waals surface area contributed by atoms with E-state index in [9.17, 15) is 14.3 Å². The van der Waals surface area contributed by atoms with Crippen molar-refractivity contribution in [2.45, 2.75) is 26.1 Å². The number of benzene rings is 4. The molecule has 1 atom stereocenters. The Labute approximate surface area is 362 Å². The summed E-state index contributed by atoms with van der Waals surface area (Å²) in [6, 6.07) is 25.8. The van der Waals surface area contributed by atoms with Crippen LogP contribution in [-0.2, 0) is 17.8 Å². The number of nitrogens with zero attached hydrogens (tertiary/aromatic N) is 6. The molecule has 3 aromatic heterocycles. The summed E-state index contributed by atoms with van der Waals surface area (Å²) in [7, 11) is 3.71. The fourth-order valence-corrected chi connectivity index (χ4v) is 7.59. The number of hydrogen-bond acceptors (Lipinski definition) is 12. The number of para-hydroxylation sites is 2. The molecule has 4 heterocycles. The molecule has 1 N–H and O–H groups in total. The first-order chi connectivity index (χ1) is 30.2. The molecule has 15 heteroatoms. The molecule has 0 spiro atoms. The van der Waals surface area contributed by atoms with E-state index in [1.807, 2.05) is 37.3 Å². The number of furan rings is 1. The molecule has 1 aliphatic heterocycles. The van der Waals surface area contributed by atoms with Gasteiger partial charge in [-0.3, -0.25) is 4.90 Å². The fraction of sp³-hybridized carbons (Fsp3) is 0.255. The Kier molecular flexibility index (Phi) is 12.9. The minimum atomic E-state index is -1.42. The van der Waals surface area contributed by atoms with Crippen molar-refractivity contribution in [3.05, 3.63) is 131 Å². The quantitative estimate of drug-likeness (QED) is 0.0994. The molecule has 8 rings (SSSR count). The van der Waals surface area contributed by atoms with Crippen molar-refractivity contribution in [1.82, 2.24) is 29.7 Å². The monoisotopic (exact) mass is 858 g/mol. The number of carbonyl (C=O) groups is 1. The zero-order valence-corrected chi connectivity index (χ0v) is 35.1. The van der Waals surface area contributed by atoms with Crippen LogP contribution in [0.4, 0.5) is 4.39 Å². The van der Waals surface area contributed by atoms with E-state index in [4.69, 9.17) is 35.0 Å². The highest BCUT2D eigenvalue weighted by Crippen LogP contribution is 2.47. The van der Waals surface area contributed by atoms with E-state index >= 15 is 0 Å². The molecule has 0 saturated carbocycles. The van der Waals surface area contributed by atoms with Crippen LogP contribution in [0.25, 0.3) is 44.9 Å². The molecular formula is C47H44ClFN6O7. The summed E-state index contributed by atoms with van der Waals surface area (Å²) < 4.78 is 44.8. The number of carboxylic acids is 1. The Balaban J connectivity index is 1.08. The van der Waals surface area contributed by atoms with Crippen molar-refractivity contribution < 1.29 is 37.7 Å². The smallest absolute Gasteiger partial charge is 0.345 e. The molecule has 1 aliphatic rings. The van der Waals surface area contributed by atoms with E-state index in [0.29, 0.717) is 79.4 Å². The minimum absolute atomic E-state index is 0.0270. The number of aromatic nitrogens is 4. The largest absolute Gasteiger partial charge is 0.496 e. The number of piperazine rings is 1. The molecule has 0 aliphatic carbocycles. The molecular weight excluding hydrogens is 815 g/mol. The lowest BCUT2D eigenvalue weighted by Gasteiger charge is -2.32. The Morgan fingerprint density at radius 2 is 1.65 bits per heavy atom. The van der Waals surface area contributed by atoms with Gasteiger partial charge in [-0.05, 0) is 85.3 Å². The third-order valence-corrected chi connectivity index (χ3v) is 11.3. The molecule has 318 valence electrons. The van der Waals surface area contributed by atoms with Crippen molar-refractivity contribution in [2.75, 3.05) is 53.5 Å². The van der Waals surface area contributed by atoms with Crippen LogP contribution in [-0.4, -0.2) is 100 Å². The summed E-state index contributed by atoms with van der Waals surface area (Å²) in [5.74, 6) is 0.756. The number of halogens is 2. The summed E-state index contributed by atoms with van der Waals surface area (Å²) in [5.41, 5.74) is 4.41. The molecule has 0 bridgehead atoms. The fourth-order valence-electron chi connectivity index (χ4n) is 7.37. The molecule has 1 unspecified atom stereocenters. The lowest BCUT2D eigenvalue weighted by atomic mass is 9.95. The molecule has 62 heavy (non-hydrogen) atoms. The first-order valence-corrected chi connectivity index (χ1v) is 20.5. The molecule has 1 fully saturated rings. The average Bonchev–Trinajstić information content (AvgIpc) is 3.68. The van der Waals surface area contributed by atoms with Gasteiger partial charge < -0.3 is 33.4 Å². The van der Waals surface area contributed by atoms with Gasteiger partial charge in [-0.15, -0.1) is 0 Å². The van der Waals surface area contributed by atoms with E-state index in [-0.39, 0.29) is 24.6 Å². The van der Waals surface area contributed by atoms with E-state index in [1.54, 1.807) is 61.8 Å². The van der Waals surface area contributed by atoms with Gasteiger partial charge in [0.25, 0.3) is 0 Å². The molecule has 4 aromatic carbocycles. The molecule has 13 nitrogen and oxygen atoms in total. The van der Waals surface area contributed by atoms with E-state index in [0.717, 1.165) is 38.3 Å². The standard InChI is InChI=1S/C47H44ClFN6O7/c1-29-34(16-17-38(42(29)48)59-25-24-55-22-20-54(2)21-23-55)40-41-45(51-28-52-46(41)62-43(40)30-12-14-32(49)15-13-30)61-39(47(56)57)26-31-8-4-6-10-36(31)60-27-33-18-19-50-44(53-33)35-9-5-7-11-37(35)58-3/h4-19,28,39H,20-27H2,1-3H3,(H,56,57). The van der Waals surface area contributed by atoms with Crippen LogP contribution in [0.15, 0.2) is 108 Å². The van der Waals surface area contributed by atoms with Gasteiger partial charge in [0.05, 0.1) is 23.4 Å². The number of likely N-dealkylation sites (N-methyl/N-ethyl adjacent to an activating group) is 1. The predicted molar refractivity (Wildman–Crippen MR) is 232 cm³/mol. The van der Waals surface area contributed by atoms with Gasteiger partial charge in [-0.25, -0.2) is 29.1 Å². The zero-order valence-electron chi connectivity index (χ0n) is 34.4. The van der Waals surface area contributed by atoms with Gasteiger partial charge in [0.15, 0.2) is 5.82 Å².